The molecule has 0 bridgehead atoms. The van der Waals surface area contributed by atoms with Gasteiger partial charge in [0.15, 0.2) is 12.6 Å². The van der Waals surface area contributed by atoms with E-state index in [1.165, 1.54) is 0 Å². The number of rotatable bonds is 12. The van der Waals surface area contributed by atoms with Crippen molar-refractivity contribution in [2.75, 3.05) is 0 Å². The Morgan fingerprint density at radius 3 is 1.26 bits per heavy atom. The Bertz CT molecular complexity index is 671. The summed E-state index contributed by atoms with van der Waals surface area (Å²) >= 11 is 0. The summed E-state index contributed by atoms with van der Waals surface area (Å²) in [6, 6.07) is 17.3. The highest BCUT2D eigenvalue weighted by atomic mass is 19.4. The van der Waals surface area contributed by atoms with E-state index in [0.717, 1.165) is 0 Å². The Hall–Kier alpha value is -2.10. The summed E-state index contributed by atoms with van der Waals surface area (Å²) in [6.45, 7) is -0.0952. The largest absolute Gasteiger partial charge is 0.389 e. The standard InChI is InChI=1S/C22H24F6O3/c23-21(24,25)13-11-19(29-15-17-7-3-1-4-8-17)31-20(12-14-22(26,27)28)30-16-18-9-5-2-6-10-18/h1-10,19-20H,11-16H2. The SMILES string of the molecule is FC(F)(F)CCC(OCc1ccccc1)OC(CCC(F)(F)F)OCc1ccccc1. The molecule has 0 spiro atoms. The van der Waals surface area contributed by atoms with Gasteiger partial charge in [0.2, 0.25) is 0 Å². The van der Waals surface area contributed by atoms with Gasteiger partial charge in [-0.1, -0.05) is 60.7 Å². The summed E-state index contributed by atoms with van der Waals surface area (Å²) in [6.07, 6.45) is -15.2. The molecular weight excluding hydrogens is 426 g/mol. The Labute approximate surface area is 176 Å². The van der Waals surface area contributed by atoms with Gasteiger partial charge in [0, 0.05) is 25.7 Å². The zero-order chi connectivity index (χ0) is 22.7. The quantitative estimate of drug-likeness (QED) is 0.264. The number of benzene rings is 2. The molecule has 172 valence electrons. The molecule has 0 aliphatic carbocycles. The van der Waals surface area contributed by atoms with Crippen molar-refractivity contribution in [3.05, 3.63) is 71.8 Å². The molecule has 9 heteroatoms. The van der Waals surface area contributed by atoms with Crippen LogP contribution in [0.15, 0.2) is 60.7 Å². The first kappa shape index (κ1) is 25.2. The van der Waals surface area contributed by atoms with E-state index in [4.69, 9.17) is 14.2 Å². The highest BCUT2D eigenvalue weighted by Gasteiger charge is 2.32. The zero-order valence-corrected chi connectivity index (χ0v) is 16.7. The van der Waals surface area contributed by atoms with E-state index in [-0.39, 0.29) is 13.2 Å². The van der Waals surface area contributed by atoms with Gasteiger partial charge in [-0.25, -0.2) is 0 Å². The molecule has 0 aliphatic rings. The minimum atomic E-state index is -4.45. The van der Waals surface area contributed by atoms with Crippen molar-refractivity contribution in [3.63, 3.8) is 0 Å². The molecule has 2 aromatic rings. The second-order valence-corrected chi connectivity index (χ2v) is 6.90. The molecule has 0 aromatic heterocycles. The van der Waals surface area contributed by atoms with Crippen LogP contribution >= 0.6 is 0 Å². The molecular formula is C22H24F6O3. The van der Waals surface area contributed by atoms with Crippen LogP contribution in [-0.2, 0) is 27.4 Å². The number of hydrogen-bond acceptors (Lipinski definition) is 3. The Morgan fingerprint density at radius 2 is 0.935 bits per heavy atom. The van der Waals surface area contributed by atoms with Crippen LogP contribution in [0.3, 0.4) is 0 Å². The monoisotopic (exact) mass is 450 g/mol. The average Bonchev–Trinajstić information content (AvgIpc) is 2.72. The fourth-order valence-electron chi connectivity index (χ4n) is 2.64. The third kappa shape index (κ3) is 11.8. The molecule has 0 radical (unpaired) electrons. The van der Waals surface area contributed by atoms with Crippen LogP contribution in [0, 0.1) is 0 Å². The lowest BCUT2D eigenvalue weighted by Gasteiger charge is -2.26. The fraction of sp³-hybridized carbons (Fsp3) is 0.455. The summed E-state index contributed by atoms with van der Waals surface area (Å²) < 4.78 is 92.5. The van der Waals surface area contributed by atoms with Crippen molar-refractivity contribution in [1.29, 1.82) is 0 Å². The van der Waals surface area contributed by atoms with Crippen molar-refractivity contribution in [2.24, 2.45) is 0 Å². The van der Waals surface area contributed by atoms with Gasteiger partial charge in [0.05, 0.1) is 13.2 Å². The molecule has 2 rings (SSSR count). The minimum absolute atomic E-state index is 0.0476. The zero-order valence-electron chi connectivity index (χ0n) is 16.7. The highest BCUT2D eigenvalue weighted by Crippen LogP contribution is 2.27. The van der Waals surface area contributed by atoms with Gasteiger partial charge in [0.1, 0.15) is 0 Å². The topological polar surface area (TPSA) is 27.7 Å². The van der Waals surface area contributed by atoms with Gasteiger partial charge in [-0.3, -0.25) is 0 Å². The summed E-state index contributed by atoms with van der Waals surface area (Å²) in [7, 11) is 0. The number of halogens is 6. The van der Waals surface area contributed by atoms with Crippen LogP contribution in [0.2, 0.25) is 0 Å². The summed E-state index contributed by atoms with van der Waals surface area (Å²) in [4.78, 5) is 0. The van der Waals surface area contributed by atoms with Crippen LogP contribution < -0.4 is 0 Å². The lowest BCUT2D eigenvalue weighted by atomic mass is 10.2. The van der Waals surface area contributed by atoms with Crippen LogP contribution in [0.1, 0.15) is 36.8 Å². The first-order chi connectivity index (χ1) is 14.6. The first-order valence-corrected chi connectivity index (χ1v) is 9.71. The molecule has 0 N–H and O–H groups in total. The predicted octanol–water partition coefficient (Wildman–Crippen LogP) is 6.77. The lowest BCUT2D eigenvalue weighted by Crippen LogP contribution is -2.29. The van der Waals surface area contributed by atoms with Crippen LogP contribution in [0.25, 0.3) is 0 Å². The molecule has 3 nitrogen and oxygen atoms in total. The van der Waals surface area contributed by atoms with Crippen LogP contribution in [0.5, 0.6) is 0 Å². The maximum absolute atomic E-state index is 12.7. The summed E-state index contributed by atoms with van der Waals surface area (Å²) in [5.74, 6) is 0. The van der Waals surface area contributed by atoms with E-state index in [9.17, 15) is 26.3 Å². The maximum Gasteiger partial charge on any atom is 0.389 e. The second-order valence-electron chi connectivity index (χ2n) is 6.90. The molecule has 31 heavy (non-hydrogen) atoms. The lowest BCUT2D eigenvalue weighted by molar-refractivity contribution is -0.268. The van der Waals surface area contributed by atoms with E-state index >= 15 is 0 Å². The summed E-state index contributed by atoms with van der Waals surface area (Å²) in [5.41, 5.74) is 1.39. The van der Waals surface area contributed by atoms with Crippen molar-refractivity contribution in [1.82, 2.24) is 0 Å². The molecule has 2 atom stereocenters. The van der Waals surface area contributed by atoms with Crippen molar-refractivity contribution in [3.8, 4) is 0 Å². The van der Waals surface area contributed by atoms with Gasteiger partial charge in [-0.2, -0.15) is 26.3 Å². The molecule has 0 saturated carbocycles. The highest BCUT2D eigenvalue weighted by molar-refractivity contribution is 5.14. The number of ether oxygens (including phenoxy) is 3. The second kappa shape index (κ2) is 12.1. The molecule has 2 unspecified atom stereocenters. The third-order valence-electron chi connectivity index (χ3n) is 4.19. The molecule has 0 heterocycles. The number of hydrogen-bond donors (Lipinski definition) is 0. The van der Waals surface area contributed by atoms with Crippen molar-refractivity contribution < 1.29 is 40.6 Å². The van der Waals surface area contributed by atoms with Crippen LogP contribution in [-0.4, -0.2) is 24.9 Å². The minimum Gasteiger partial charge on any atom is -0.348 e. The Balaban J connectivity index is 2.03. The molecule has 0 saturated heterocycles. The van der Waals surface area contributed by atoms with Gasteiger partial charge in [-0.05, 0) is 11.1 Å². The molecule has 0 fully saturated rings. The Morgan fingerprint density at radius 1 is 0.581 bits per heavy atom. The normalized spacial score (nSPS) is 14.4. The van der Waals surface area contributed by atoms with E-state index in [1.807, 2.05) is 0 Å². The molecule has 2 aromatic carbocycles. The smallest absolute Gasteiger partial charge is 0.348 e. The van der Waals surface area contributed by atoms with E-state index in [0.29, 0.717) is 11.1 Å². The Kier molecular flexibility index (Phi) is 9.80. The maximum atomic E-state index is 12.7. The van der Waals surface area contributed by atoms with Gasteiger partial charge in [-0.15, -0.1) is 0 Å². The van der Waals surface area contributed by atoms with Crippen molar-refractivity contribution in [2.45, 2.75) is 63.8 Å². The van der Waals surface area contributed by atoms with Gasteiger partial charge in [0.25, 0.3) is 0 Å². The number of alkyl halides is 6. The predicted molar refractivity (Wildman–Crippen MR) is 102 cm³/mol. The average molecular weight is 450 g/mol. The molecule has 0 aliphatic heterocycles. The molecule has 0 amide bonds. The van der Waals surface area contributed by atoms with Crippen LogP contribution in [0.4, 0.5) is 26.3 Å². The van der Waals surface area contributed by atoms with E-state index < -0.39 is 50.6 Å². The van der Waals surface area contributed by atoms with E-state index in [1.54, 1.807) is 60.7 Å². The van der Waals surface area contributed by atoms with Gasteiger partial charge >= 0.3 is 12.4 Å². The third-order valence-corrected chi connectivity index (χ3v) is 4.19. The summed E-state index contributed by atoms with van der Waals surface area (Å²) in [5, 5.41) is 0. The van der Waals surface area contributed by atoms with Gasteiger partial charge < -0.3 is 14.2 Å². The van der Waals surface area contributed by atoms with E-state index in [2.05, 4.69) is 0 Å². The fourth-order valence-corrected chi connectivity index (χ4v) is 2.64. The van der Waals surface area contributed by atoms with Crippen molar-refractivity contribution >= 4 is 0 Å². The first-order valence-electron chi connectivity index (χ1n) is 9.71.